The lowest BCUT2D eigenvalue weighted by atomic mass is 9.34. The lowest BCUT2D eigenvalue weighted by molar-refractivity contribution is -0.182. The molecule has 0 radical (unpaired) electrons. The summed E-state index contributed by atoms with van der Waals surface area (Å²) in [5, 5.41) is 15.8. The number of anilines is 1. The predicted octanol–water partition coefficient (Wildman–Crippen LogP) is 8.12. The van der Waals surface area contributed by atoms with E-state index < -0.39 is 17.4 Å². The van der Waals surface area contributed by atoms with Crippen molar-refractivity contribution in [1.29, 1.82) is 0 Å². The Labute approximate surface area is 347 Å². The molecule has 1 aromatic rings. The second kappa shape index (κ2) is 14.4. The van der Waals surface area contributed by atoms with Gasteiger partial charge in [0.2, 0.25) is 23.5 Å². The van der Waals surface area contributed by atoms with Crippen LogP contribution in [0.1, 0.15) is 141 Å². The molecule has 59 heavy (non-hydrogen) atoms. The first-order chi connectivity index (χ1) is 27.8. The molecule has 5 aliphatic carbocycles. The third-order valence-corrected chi connectivity index (χ3v) is 16.5. The van der Waals surface area contributed by atoms with Gasteiger partial charge in [0.15, 0.2) is 5.76 Å². The van der Waals surface area contributed by atoms with Gasteiger partial charge in [0.1, 0.15) is 6.04 Å². The van der Waals surface area contributed by atoms with Crippen molar-refractivity contribution in [2.24, 2.45) is 33.0 Å². The van der Waals surface area contributed by atoms with Gasteiger partial charge in [-0.2, -0.15) is 0 Å². The van der Waals surface area contributed by atoms with E-state index in [0.29, 0.717) is 54.2 Å². The van der Waals surface area contributed by atoms with Crippen LogP contribution in [0.3, 0.4) is 0 Å². The highest BCUT2D eigenvalue weighted by atomic mass is 16.5. The van der Waals surface area contributed by atoms with Crippen molar-refractivity contribution >= 4 is 41.1 Å². The zero-order chi connectivity index (χ0) is 42.3. The van der Waals surface area contributed by atoms with E-state index in [1.165, 1.54) is 10.5 Å². The van der Waals surface area contributed by atoms with E-state index in [9.17, 15) is 33.9 Å². The molecule has 4 amide bonds. The number of fused-ring (bicyclic) bond motifs is 8. The maximum Gasteiger partial charge on any atom is 0.311 e. The molecule has 1 aromatic carbocycles. The number of piperidine rings is 1. The van der Waals surface area contributed by atoms with Gasteiger partial charge in [-0.3, -0.25) is 34.1 Å². The second-order valence-corrected chi connectivity index (χ2v) is 19.8. The Morgan fingerprint density at radius 3 is 2.47 bits per heavy atom. The summed E-state index contributed by atoms with van der Waals surface area (Å²) in [5.74, 6) is -1.57. The number of carbonyl (C=O) groups excluding carboxylic acids is 6. The molecule has 0 bridgehead atoms. The SMILES string of the molecule is CC1=C(O)C(=O)C=C2C1=CC=C1[C@@]2(C)CC[C@@]2(C)[C@@H]3C[C@](C)(C(=O)OCCCCCC(=O)Nc4cccc5c4CN(C4CCC(=O)NC4=O)C5=O)CC[C@]3(C)CC[C@]12C. The molecule has 8 rings (SSSR count). The number of hydrogen-bond acceptors (Lipinski definition) is 8. The van der Waals surface area contributed by atoms with Crippen molar-refractivity contribution in [2.75, 3.05) is 11.9 Å². The van der Waals surface area contributed by atoms with Crippen LogP contribution in [0.4, 0.5) is 5.69 Å². The molecule has 0 spiro atoms. The lowest BCUT2D eigenvalue weighted by Crippen LogP contribution is -2.62. The number of ether oxygens (including phenoxy) is 1. The maximum atomic E-state index is 14.0. The summed E-state index contributed by atoms with van der Waals surface area (Å²) >= 11 is 0. The number of aliphatic hydroxyl groups excluding tert-OH is 1. The van der Waals surface area contributed by atoms with E-state index in [4.69, 9.17) is 4.74 Å². The fourth-order valence-electron chi connectivity index (χ4n) is 12.5. The van der Waals surface area contributed by atoms with E-state index in [-0.39, 0.29) is 82.7 Å². The summed E-state index contributed by atoms with van der Waals surface area (Å²) in [6.07, 6.45) is 15.3. The molecule has 1 saturated heterocycles. The molecule has 0 aromatic heterocycles. The largest absolute Gasteiger partial charge is 0.504 e. The van der Waals surface area contributed by atoms with Crippen molar-refractivity contribution in [2.45, 2.75) is 138 Å². The number of unbranched alkanes of at least 4 members (excludes halogenated alkanes) is 2. The van der Waals surface area contributed by atoms with Gasteiger partial charge in [-0.05, 0) is 136 Å². The number of nitrogens with one attached hydrogen (secondary N) is 2. The summed E-state index contributed by atoms with van der Waals surface area (Å²) in [7, 11) is 0. The van der Waals surface area contributed by atoms with Crippen molar-refractivity contribution < 1.29 is 38.6 Å². The minimum Gasteiger partial charge on any atom is -0.504 e. The van der Waals surface area contributed by atoms with Crippen molar-refractivity contribution in [3.8, 4) is 0 Å². The van der Waals surface area contributed by atoms with Crippen LogP contribution in [0.2, 0.25) is 0 Å². The van der Waals surface area contributed by atoms with Crippen molar-refractivity contribution in [3.05, 3.63) is 75.6 Å². The third-order valence-electron chi connectivity index (χ3n) is 16.5. The molecule has 3 N–H and O–H groups in total. The minimum atomic E-state index is -0.725. The number of allylic oxidation sites excluding steroid dienone is 7. The molecule has 11 heteroatoms. The molecular weight excluding hydrogens is 747 g/mol. The van der Waals surface area contributed by atoms with Gasteiger partial charge >= 0.3 is 5.97 Å². The Balaban J connectivity index is 0.852. The number of aliphatic hydroxyl groups is 1. The summed E-state index contributed by atoms with van der Waals surface area (Å²) in [5.41, 5.74) is 4.71. The maximum absolute atomic E-state index is 14.0. The van der Waals surface area contributed by atoms with Crippen LogP contribution in [0.25, 0.3) is 0 Å². The number of carbonyl (C=O) groups is 6. The number of hydrogen-bond donors (Lipinski definition) is 3. The van der Waals surface area contributed by atoms with Crippen molar-refractivity contribution in [1.82, 2.24) is 10.2 Å². The number of nitrogens with zero attached hydrogens (tertiary/aromatic N) is 1. The van der Waals surface area contributed by atoms with Crippen LogP contribution in [0.15, 0.2) is 64.5 Å². The highest BCUT2D eigenvalue weighted by Crippen LogP contribution is 2.75. The van der Waals surface area contributed by atoms with E-state index in [0.717, 1.165) is 56.1 Å². The quantitative estimate of drug-likeness (QED) is 0.128. The molecule has 2 heterocycles. The van der Waals surface area contributed by atoms with Crippen molar-refractivity contribution in [3.63, 3.8) is 0 Å². The molecule has 7 atom stereocenters. The zero-order valence-electron chi connectivity index (χ0n) is 35.5. The average Bonchev–Trinajstić information content (AvgIpc) is 3.53. The van der Waals surface area contributed by atoms with E-state index in [1.807, 2.05) is 6.92 Å². The predicted molar refractivity (Wildman–Crippen MR) is 221 cm³/mol. The van der Waals surface area contributed by atoms with Gasteiger partial charge in [0.05, 0.1) is 12.0 Å². The molecule has 314 valence electrons. The first kappa shape index (κ1) is 41.0. The Bertz CT molecular complexity index is 2200. The third kappa shape index (κ3) is 6.44. The van der Waals surface area contributed by atoms with E-state index in [2.05, 4.69) is 57.4 Å². The highest BCUT2D eigenvalue weighted by Gasteiger charge is 2.67. The van der Waals surface area contributed by atoms with Gasteiger partial charge < -0.3 is 20.1 Å². The zero-order valence-corrected chi connectivity index (χ0v) is 35.5. The Hall–Kier alpha value is -4.80. The van der Waals surface area contributed by atoms with Crippen LogP contribution >= 0.6 is 0 Å². The Morgan fingerprint density at radius 1 is 0.949 bits per heavy atom. The number of imide groups is 1. The topological polar surface area (TPSA) is 159 Å². The molecule has 3 saturated carbocycles. The summed E-state index contributed by atoms with van der Waals surface area (Å²) in [6, 6.07) is 4.44. The van der Waals surface area contributed by atoms with Gasteiger partial charge in [0.25, 0.3) is 5.91 Å². The molecule has 4 fully saturated rings. The van der Waals surface area contributed by atoms with Crippen LogP contribution < -0.4 is 10.6 Å². The summed E-state index contributed by atoms with van der Waals surface area (Å²) in [4.78, 5) is 78.6. The number of amides is 4. The fourth-order valence-corrected chi connectivity index (χ4v) is 12.5. The normalized spacial score (nSPS) is 34.9. The fraction of sp³-hybridized carbons (Fsp3) is 0.583. The van der Waals surface area contributed by atoms with Crippen LogP contribution in [0.5, 0.6) is 0 Å². The van der Waals surface area contributed by atoms with E-state index >= 15 is 0 Å². The molecule has 7 aliphatic rings. The first-order valence-electron chi connectivity index (χ1n) is 21.7. The van der Waals surface area contributed by atoms with E-state index in [1.54, 1.807) is 24.3 Å². The Kier molecular flexibility index (Phi) is 10.0. The van der Waals surface area contributed by atoms with Crippen LogP contribution in [-0.2, 0) is 35.3 Å². The van der Waals surface area contributed by atoms with Gasteiger partial charge in [-0.25, -0.2) is 0 Å². The Morgan fingerprint density at radius 2 is 1.71 bits per heavy atom. The van der Waals surface area contributed by atoms with Gasteiger partial charge in [0, 0.05) is 47.2 Å². The van der Waals surface area contributed by atoms with Crippen LogP contribution in [0, 0.1) is 33.0 Å². The minimum absolute atomic E-state index is 0.0617. The highest BCUT2D eigenvalue weighted by molar-refractivity contribution is 6.07. The number of ketones is 1. The van der Waals surface area contributed by atoms with Crippen LogP contribution in [-0.4, -0.2) is 58.0 Å². The second-order valence-electron chi connectivity index (χ2n) is 19.8. The first-order valence-corrected chi connectivity index (χ1v) is 21.7. The molecule has 2 aliphatic heterocycles. The lowest BCUT2D eigenvalue weighted by Gasteiger charge is -2.70. The molecule has 11 nitrogen and oxygen atoms in total. The van der Waals surface area contributed by atoms with Gasteiger partial charge in [-0.15, -0.1) is 0 Å². The number of esters is 1. The molecule has 1 unspecified atom stereocenters. The summed E-state index contributed by atoms with van der Waals surface area (Å²) < 4.78 is 6.01. The average molecular weight is 806 g/mol. The van der Waals surface area contributed by atoms with Gasteiger partial charge in [-0.1, -0.05) is 51.5 Å². The molecular formula is C48H59N3O8. The number of benzene rings is 1. The smallest absolute Gasteiger partial charge is 0.311 e. The number of rotatable bonds is 9. The standard InChI is InChI=1S/C48H59N3O8/c1-28-29-14-16-36-46(4,32(29)25-35(52)40(28)55)21-23-48(6)37-26-45(3,19-18-44(37,2)20-22-47(36,48)5)43(58)59-24-9-7-8-13-38(53)49-33-12-10-11-30-31(33)27-51(42(30)57)34-15-17-39(54)50-41(34)56/h10-12,14,16,25,34,37,55H,7-9,13,15,17-24,26-27H2,1-6H3,(H,49,53)(H,50,54,56)/t34?,37-,44-,45-,46+,47-,48+/m1/s1. The monoisotopic (exact) mass is 805 g/mol. The summed E-state index contributed by atoms with van der Waals surface area (Å²) in [6.45, 7) is 14.0.